The molecule has 0 radical (unpaired) electrons. The molecule has 0 fully saturated rings. The largest absolute Gasteiger partial charge is 0.505 e. The van der Waals surface area contributed by atoms with Crippen LogP contribution in [0.25, 0.3) is 33.4 Å². The van der Waals surface area contributed by atoms with Gasteiger partial charge in [0, 0.05) is 66.8 Å². The van der Waals surface area contributed by atoms with E-state index in [1.54, 1.807) is 12.1 Å². The predicted molar refractivity (Wildman–Crippen MR) is 191 cm³/mol. The maximum Gasteiger partial charge on any atom is 0.469 e. The summed E-state index contributed by atoms with van der Waals surface area (Å²) in [5.74, 6) is -2.77. The van der Waals surface area contributed by atoms with E-state index in [4.69, 9.17) is 26.4 Å². The van der Waals surface area contributed by atoms with Gasteiger partial charge >= 0.3 is 7.82 Å². The standard InChI is InChI=1S/C34H39F2N4O9PS/c1-20-15-21(9-10-22(20)33-23-16-25(35)27(41)18-29(23)49-30-19-28(42)26(36)17-24(30)33)40-34(51)39-12-6-2-5-11-37-31(43)7-3-4-8-32(44)38-13-14-48-50(45,46)47/h9-10,15-19,41H,2-8,11-14H2,1H3,(H,37,43)(H,38,44)(H2,39,40,51)(H2,45,46,47). The Morgan fingerprint density at radius 2 is 1.53 bits per heavy atom. The number of phenolic OH excluding ortho intramolecular Hbond substituents is 1. The third kappa shape index (κ3) is 11.8. The summed E-state index contributed by atoms with van der Waals surface area (Å²) in [4.78, 5) is 52.9. The van der Waals surface area contributed by atoms with Crippen molar-refractivity contribution in [1.29, 1.82) is 0 Å². The smallest absolute Gasteiger partial charge is 0.469 e. The molecule has 0 spiro atoms. The summed E-state index contributed by atoms with van der Waals surface area (Å²) in [5, 5.41) is 22.2. The lowest BCUT2D eigenvalue weighted by Crippen LogP contribution is -2.29. The highest BCUT2D eigenvalue weighted by atomic mass is 32.1. The number of halogens is 2. The molecule has 4 rings (SSSR count). The zero-order valence-corrected chi connectivity index (χ0v) is 29.4. The lowest BCUT2D eigenvalue weighted by molar-refractivity contribution is -0.123. The van der Waals surface area contributed by atoms with Gasteiger partial charge in [0.1, 0.15) is 11.3 Å². The SMILES string of the molecule is Cc1cc(NC(=S)NCCCCCNC(=O)CCCCC(=O)NCCOP(=O)(O)O)ccc1-c1c2cc(F)c(=O)cc-2oc2cc(O)c(F)cc12. The summed E-state index contributed by atoms with van der Waals surface area (Å²) >= 11 is 5.44. The van der Waals surface area contributed by atoms with Crippen LogP contribution in [0.3, 0.4) is 0 Å². The second kappa shape index (κ2) is 18.1. The number of anilines is 1. The topological polar surface area (TPSA) is 199 Å². The molecule has 274 valence electrons. The minimum Gasteiger partial charge on any atom is -0.505 e. The molecule has 1 aliphatic heterocycles. The maximum absolute atomic E-state index is 14.5. The molecule has 1 heterocycles. The summed E-state index contributed by atoms with van der Waals surface area (Å²) in [6, 6.07) is 9.68. The van der Waals surface area contributed by atoms with E-state index in [0.717, 1.165) is 49.1 Å². The third-order valence-corrected chi connectivity index (χ3v) is 8.56. The summed E-state index contributed by atoms with van der Waals surface area (Å²) in [6.45, 7) is 2.63. The summed E-state index contributed by atoms with van der Waals surface area (Å²) in [5.41, 5.74) is 2.04. The van der Waals surface area contributed by atoms with Crippen LogP contribution in [-0.4, -0.2) is 58.1 Å². The molecule has 0 saturated heterocycles. The molecular weight excluding hydrogens is 709 g/mol. The fourth-order valence-electron chi connectivity index (χ4n) is 5.35. The Morgan fingerprint density at radius 1 is 0.863 bits per heavy atom. The number of phosphoric ester groups is 1. The average Bonchev–Trinajstić information content (AvgIpc) is 3.05. The minimum absolute atomic E-state index is 0.0185. The highest BCUT2D eigenvalue weighted by Crippen LogP contribution is 2.43. The molecule has 0 atom stereocenters. The maximum atomic E-state index is 14.5. The number of phosphoric acid groups is 1. The lowest BCUT2D eigenvalue weighted by atomic mass is 9.91. The van der Waals surface area contributed by atoms with Gasteiger partial charge in [-0.1, -0.05) is 6.07 Å². The number of thiocarbonyl (C=S) groups is 1. The van der Waals surface area contributed by atoms with Gasteiger partial charge in [-0.3, -0.25) is 18.9 Å². The van der Waals surface area contributed by atoms with Crippen LogP contribution in [0.1, 0.15) is 50.5 Å². The summed E-state index contributed by atoms with van der Waals surface area (Å²) in [6.07, 6.45) is 3.92. The first kappa shape index (κ1) is 39.3. The molecule has 2 aromatic carbocycles. The quantitative estimate of drug-likeness (QED) is 0.0322. The molecule has 7 N–H and O–H groups in total. The highest BCUT2D eigenvalue weighted by molar-refractivity contribution is 7.80. The number of carbonyl (C=O) groups is 2. The van der Waals surface area contributed by atoms with Gasteiger partial charge in [-0.25, -0.2) is 13.3 Å². The van der Waals surface area contributed by atoms with Gasteiger partial charge in [-0.2, -0.15) is 0 Å². The number of amides is 2. The third-order valence-electron chi connectivity index (χ3n) is 7.80. The number of unbranched alkanes of at least 4 members (excludes halogenated alkanes) is 3. The van der Waals surface area contributed by atoms with Crippen LogP contribution < -0.4 is 26.7 Å². The number of hydrogen-bond donors (Lipinski definition) is 7. The Hall–Kier alpha value is -4.47. The normalized spacial score (nSPS) is 11.5. The van der Waals surface area contributed by atoms with Gasteiger partial charge in [-0.15, -0.1) is 0 Å². The van der Waals surface area contributed by atoms with E-state index in [0.29, 0.717) is 53.2 Å². The van der Waals surface area contributed by atoms with E-state index in [9.17, 15) is 32.8 Å². The van der Waals surface area contributed by atoms with E-state index in [-0.39, 0.29) is 54.7 Å². The van der Waals surface area contributed by atoms with Crippen molar-refractivity contribution in [2.24, 2.45) is 0 Å². The van der Waals surface area contributed by atoms with Crippen LogP contribution >= 0.6 is 20.0 Å². The molecule has 2 aromatic rings. The Morgan fingerprint density at radius 3 is 2.20 bits per heavy atom. The molecule has 51 heavy (non-hydrogen) atoms. The monoisotopic (exact) mass is 748 g/mol. The second-order valence-corrected chi connectivity index (χ2v) is 13.4. The Bertz CT molecular complexity index is 1970. The number of fused-ring (bicyclic) bond motifs is 2. The predicted octanol–water partition coefficient (Wildman–Crippen LogP) is 5.22. The average molecular weight is 749 g/mol. The highest BCUT2D eigenvalue weighted by Gasteiger charge is 2.22. The number of aromatic hydroxyl groups is 1. The summed E-state index contributed by atoms with van der Waals surface area (Å²) in [7, 11) is -4.55. The molecule has 0 saturated carbocycles. The van der Waals surface area contributed by atoms with Gasteiger partial charge in [-0.05, 0) is 86.6 Å². The fourth-order valence-corrected chi connectivity index (χ4v) is 5.90. The van der Waals surface area contributed by atoms with Crippen molar-refractivity contribution in [1.82, 2.24) is 16.0 Å². The van der Waals surface area contributed by atoms with E-state index in [1.165, 1.54) is 0 Å². The molecule has 0 bridgehead atoms. The van der Waals surface area contributed by atoms with Crippen molar-refractivity contribution in [3.63, 3.8) is 0 Å². The number of rotatable bonds is 17. The van der Waals surface area contributed by atoms with Crippen molar-refractivity contribution in [2.45, 2.75) is 51.9 Å². The number of phenols is 1. The Labute approximate surface area is 297 Å². The molecule has 17 heteroatoms. The summed E-state index contributed by atoms with van der Waals surface area (Å²) < 4.78 is 49.4. The number of hydrogen-bond acceptors (Lipinski definition) is 8. The van der Waals surface area contributed by atoms with E-state index in [2.05, 4.69) is 25.8 Å². The zero-order chi connectivity index (χ0) is 37.1. The first-order valence-corrected chi connectivity index (χ1v) is 18.1. The van der Waals surface area contributed by atoms with Crippen molar-refractivity contribution < 1.29 is 46.8 Å². The fraction of sp³-hybridized carbons (Fsp3) is 0.353. The van der Waals surface area contributed by atoms with Gasteiger partial charge < -0.3 is 40.6 Å². The first-order chi connectivity index (χ1) is 24.2. The number of nitrogens with one attached hydrogen (secondary N) is 4. The van der Waals surface area contributed by atoms with Crippen LogP contribution in [0.4, 0.5) is 14.5 Å². The van der Waals surface area contributed by atoms with Crippen molar-refractivity contribution >= 4 is 53.6 Å². The molecule has 2 aliphatic rings. The van der Waals surface area contributed by atoms with Crippen LogP contribution in [0, 0.1) is 18.6 Å². The first-order valence-electron chi connectivity index (χ1n) is 16.2. The molecule has 13 nitrogen and oxygen atoms in total. The van der Waals surface area contributed by atoms with Gasteiger partial charge in [0.05, 0.1) is 6.61 Å². The minimum atomic E-state index is -4.55. The van der Waals surface area contributed by atoms with E-state index in [1.807, 2.05) is 13.0 Å². The number of aryl methyl sites for hydroxylation is 1. The molecule has 0 aromatic heterocycles. The lowest BCUT2D eigenvalue weighted by Gasteiger charge is -2.18. The molecular formula is C34H39F2N4O9PS. The Kier molecular flexibility index (Phi) is 14.0. The molecule has 2 amide bonds. The van der Waals surface area contributed by atoms with Crippen LogP contribution in [0.5, 0.6) is 5.75 Å². The van der Waals surface area contributed by atoms with Crippen LogP contribution in [0.2, 0.25) is 0 Å². The number of benzene rings is 3. The van der Waals surface area contributed by atoms with Gasteiger partial charge in [0.25, 0.3) is 0 Å². The van der Waals surface area contributed by atoms with Crippen molar-refractivity contribution in [3.05, 3.63) is 69.9 Å². The van der Waals surface area contributed by atoms with E-state index >= 15 is 0 Å². The van der Waals surface area contributed by atoms with Crippen LogP contribution in [0.15, 0.2) is 51.7 Å². The van der Waals surface area contributed by atoms with Gasteiger partial charge in [0.2, 0.25) is 17.2 Å². The molecule has 0 unspecified atom stereocenters. The second-order valence-electron chi connectivity index (χ2n) is 11.8. The van der Waals surface area contributed by atoms with E-state index < -0.39 is 30.6 Å². The zero-order valence-electron chi connectivity index (χ0n) is 27.7. The van der Waals surface area contributed by atoms with Crippen LogP contribution in [-0.2, 0) is 18.7 Å². The van der Waals surface area contributed by atoms with Gasteiger partial charge in [0.15, 0.2) is 22.5 Å². The number of carbonyl (C=O) groups excluding carboxylic acids is 2. The van der Waals surface area contributed by atoms with Crippen molar-refractivity contribution in [3.8, 4) is 28.2 Å². The Balaban J connectivity index is 1.18. The molecule has 1 aliphatic carbocycles. The van der Waals surface area contributed by atoms with Crippen molar-refractivity contribution in [2.75, 3.05) is 31.6 Å².